The molecule has 2 rings (SSSR count). The highest BCUT2D eigenvalue weighted by Gasteiger charge is 2.54. The van der Waals surface area contributed by atoms with Crippen LogP contribution in [0.1, 0.15) is 40.5 Å². The summed E-state index contributed by atoms with van der Waals surface area (Å²) < 4.78 is 6.39. The van der Waals surface area contributed by atoms with Crippen LogP contribution < -0.4 is 0 Å². The van der Waals surface area contributed by atoms with Crippen LogP contribution in [0.15, 0.2) is 9.66 Å². The molecule has 1 fully saturated rings. The molecule has 2 atom stereocenters. The van der Waals surface area contributed by atoms with E-state index >= 15 is 0 Å². The number of amides is 2. The number of carbonyl (C=O) groups excluding carboxylic acids is 2. The molecule has 18 heavy (non-hydrogen) atoms. The SMILES string of the molecule is CC(C)(C)OC(=O)N1C(=O)C2(C)CC=C(I)C1C2. The van der Waals surface area contributed by atoms with Gasteiger partial charge in [-0.15, -0.1) is 0 Å². The van der Waals surface area contributed by atoms with E-state index in [0.717, 1.165) is 3.58 Å². The number of rotatable bonds is 0. The van der Waals surface area contributed by atoms with Crippen LogP contribution in [0.25, 0.3) is 0 Å². The van der Waals surface area contributed by atoms with Gasteiger partial charge in [-0.05, 0) is 56.2 Å². The summed E-state index contributed by atoms with van der Waals surface area (Å²) >= 11 is 2.21. The molecule has 4 nitrogen and oxygen atoms in total. The predicted octanol–water partition coefficient (Wildman–Crippen LogP) is 3.25. The molecule has 1 aliphatic carbocycles. The average molecular weight is 363 g/mol. The molecule has 1 saturated heterocycles. The van der Waals surface area contributed by atoms with Gasteiger partial charge >= 0.3 is 6.09 Å². The third-order valence-electron chi connectivity index (χ3n) is 3.35. The largest absolute Gasteiger partial charge is 0.443 e. The summed E-state index contributed by atoms with van der Waals surface area (Å²) in [4.78, 5) is 25.8. The van der Waals surface area contributed by atoms with Crippen molar-refractivity contribution in [1.82, 2.24) is 4.90 Å². The molecule has 2 amide bonds. The Morgan fingerprint density at radius 3 is 2.72 bits per heavy atom. The van der Waals surface area contributed by atoms with E-state index in [0.29, 0.717) is 12.8 Å². The van der Waals surface area contributed by atoms with Crippen molar-refractivity contribution in [2.45, 2.75) is 52.2 Å². The van der Waals surface area contributed by atoms with Crippen molar-refractivity contribution in [3.63, 3.8) is 0 Å². The van der Waals surface area contributed by atoms with Gasteiger partial charge in [0.25, 0.3) is 0 Å². The molecule has 2 unspecified atom stereocenters. The molecule has 5 heteroatoms. The fourth-order valence-electron chi connectivity index (χ4n) is 2.41. The average Bonchev–Trinajstić information content (AvgIpc) is 2.42. The van der Waals surface area contributed by atoms with Crippen LogP contribution in [0, 0.1) is 5.41 Å². The Bertz CT molecular complexity index is 438. The van der Waals surface area contributed by atoms with Crippen LogP contribution in [0.5, 0.6) is 0 Å². The first-order valence-corrected chi connectivity index (χ1v) is 7.14. The lowest BCUT2D eigenvalue weighted by atomic mass is 9.80. The van der Waals surface area contributed by atoms with Gasteiger partial charge in [0.05, 0.1) is 11.5 Å². The Labute approximate surface area is 121 Å². The van der Waals surface area contributed by atoms with Crippen LogP contribution in [-0.4, -0.2) is 28.5 Å². The lowest BCUT2D eigenvalue weighted by Crippen LogP contribution is -2.43. The summed E-state index contributed by atoms with van der Waals surface area (Å²) in [5.74, 6) is -0.107. The van der Waals surface area contributed by atoms with Crippen molar-refractivity contribution in [2.75, 3.05) is 0 Å². The van der Waals surface area contributed by atoms with E-state index in [2.05, 4.69) is 28.7 Å². The van der Waals surface area contributed by atoms with E-state index in [-0.39, 0.29) is 11.9 Å². The van der Waals surface area contributed by atoms with Crippen LogP contribution in [0.2, 0.25) is 0 Å². The molecule has 0 saturated carbocycles. The zero-order valence-electron chi connectivity index (χ0n) is 11.1. The van der Waals surface area contributed by atoms with Gasteiger partial charge < -0.3 is 4.74 Å². The van der Waals surface area contributed by atoms with Crippen molar-refractivity contribution in [3.8, 4) is 0 Å². The van der Waals surface area contributed by atoms with Crippen molar-refractivity contribution in [2.24, 2.45) is 5.41 Å². The normalized spacial score (nSPS) is 31.4. The minimum atomic E-state index is -0.579. The van der Waals surface area contributed by atoms with Crippen molar-refractivity contribution < 1.29 is 14.3 Å². The zero-order chi connectivity index (χ0) is 13.7. The van der Waals surface area contributed by atoms with E-state index in [1.54, 1.807) is 20.8 Å². The number of fused-ring (bicyclic) bond motifs is 2. The molecular formula is C13H18INO3. The minimum Gasteiger partial charge on any atom is -0.443 e. The molecule has 2 aliphatic rings. The highest BCUT2D eigenvalue weighted by Crippen LogP contribution is 2.47. The van der Waals surface area contributed by atoms with E-state index in [1.165, 1.54) is 4.90 Å². The highest BCUT2D eigenvalue weighted by atomic mass is 127. The number of carbonyl (C=O) groups is 2. The number of allylic oxidation sites excluding steroid dienone is 1. The Kier molecular flexibility index (Phi) is 3.24. The highest BCUT2D eigenvalue weighted by molar-refractivity contribution is 14.1. The topological polar surface area (TPSA) is 46.6 Å². The van der Waals surface area contributed by atoms with Crippen LogP contribution in [-0.2, 0) is 9.53 Å². The fourth-order valence-corrected chi connectivity index (χ4v) is 3.13. The van der Waals surface area contributed by atoms with E-state index in [4.69, 9.17) is 4.74 Å². The quantitative estimate of drug-likeness (QED) is 0.621. The van der Waals surface area contributed by atoms with E-state index < -0.39 is 17.1 Å². The Hall–Kier alpha value is -0.590. The molecule has 1 heterocycles. The third kappa shape index (κ3) is 2.29. The zero-order valence-corrected chi connectivity index (χ0v) is 13.3. The number of hydrogen-bond acceptors (Lipinski definition) is 3. The summed E-state index contributed by atoms with van der Waals surface area (Å²) in [5, 5.41) is 0. The second-order valence-corrected chi connectivity index (χ2v) is 7.47. The predicted molar refractivity (Wildman–Crippen MR) is 76.3 cm³/mol. The number of likely N-dealkylation sites (tertiary alicyclic amines) is 1. The number of halogens is 1. The molecule has 1 aliphatic heterocycles. The standard InChI is InChI=1S/C13H18INO3/c1-12(2,3)18-11(17)15-9-7-13(4,10(15)16)6-5-8(9)14/h5,9H,6-7H2,1-4H3. The van der Waals surface area contributed by atoms with Crippen LogP contribution >= 0.6 is 22.6 Å². The molecule has 0 N–H and O–H groups in total. The number of ether oxygens (including phenoxy) is 1. The van der Waals surface area contributed by atoms with E-state index in [1.807, 2.05) is 6.92 Å². The molecule has 0 aromatic rings. The first-order chi connectivity index (χ1) is 8.14. The van der Waals surface area contributed by atoms with Gasteiger partial charge in [0.15, 0.2) is 0 Å². The van der Waals surface area contributed by atoms with Crippen molar-refractivity contribution >= 4 is 34.6 Å². The van der Waals surface area contributed by atoms with Crippen molar-refractivity contribution in [3.05, 3.63) is 9.66 Å². The summed E-state index contributed by atoms with van der Waals surface area (Å²) in [6.07, 6.45) is 2.95. The second kappa shape index (κ2) is 4.21. The summed E-state index contributed by atoms with van der Waals surface area (Å²) in [6, 6.07) is -0.133. The molecule has 100 valence electrons. The lowest BCUT2D eigenvalue weighted by Gasteiger charge is -2.27. The Morgan fingerprint density at radius 2 is 2.17 bits per heavy atom. The van der Waals surface area contributed by atoms with Gasteiger partial charge in [0.2, 0.25) is 5.91 Å². The molecular weight excluding hydrogens is 345 g/mol. The molecule has 0 radical (unpaired) electrons. The molecule has 2 bridgehead atoms. The Balaban J connectivity index is 2.26. The lowest BCUT2D eigenvalue weighted by molar-refractivity contribution is -0.134. The molecule has 0 aromatic heterocycles. The van der Waals surface area contributed by atoms with Crippen LogP contribution in [0.3, 0.4) is 0 Å². The summed E-state index contributed by atoms with van der Waals surface area (Å²) in [7, 11) is 0. The van der Waals surface area contributed by atoms with Crippen LogP contribution in [0.4, 0.5) is 4.79 Å². The summed E-state index contributed by atoms with van der Waals surface area (Å²) in [5.41, 5.74) is -1.01. The summed E-state index contributed by atoms with van der Waals surface area (Å²) in [6.45, 7) is 7.34. The fraction of sp³-hybridized carbons (Fsp3) is 0.692. The third-order valence-corrected chi connectivity index (χ3v) is 4.51. The van der Waals surface area contributed by atoms with Gasteiger partial charge in [-0.1, -0.05) is 13.0 Å². The van der Waals surface area contributed by atoms with Gasteiger partial charge in [0.1, 0.15) is 5.60 Å². The van der Waals surface area contributed by atoms with Gasteiger partial charge in [-0.3, -0.25) is 4.79 Å². The van der Waals surface area contributed by atoms with Crippen molar-refractivity contribution in [1.29, 1.82) is 0 Å². The minimum absolute atomic E-state index is 0.107. The Morgan fingerprint density at radius 1 is 1.56 bits per heavy atom. The van der Waals surface area contributed by atoms with Gasteiger partial charge in [-0.2, -0.15) is 0 Å². The molecule has 0 spiro atoms. The number of nitrogens with zero attached hydrogens (tertiary/aromatic N) is 1. The molecule has 0 aromatic carbocycles. The first-order valence-electron chi connectivity index (χ1n) is 6.06. The van der Waals surface area contributed by atoms with E-state index in [9.17, 15) is 9.59 Å². The van der Waals surface area contributed by atoms with Gasteiger partial charge in [-0.25, -0.2) is 9.69 Å². The second-order valence-electron chi connectivity index (χ2n) is 6.23. The van der Waals surface area contributed by atoms with Gasteiger partial charge in [0, 0.05) is 3.58 Å². The monoisotopic (exact) mass is 363 g/mol. The number of imide groups is 1. The maximum atomic E-state index is 12.4. The maximum absolute atomic E-state index is 12.4. The smallest absolute Gasteiger partial charge is 0.417 e. The maximum Gasteiger partial charge on any atom is 0.417 e. The number of hydrogen-bond donors (Lipinski definition) is 0. The first kappa shape index (κ1) is 13.8.